The molecule has 2 aromatic rings. The van der Waals surface area contributed by atoms with Crippen LogP contribution in [0.3, 0.4) is 0 Å². The summed E-state index contributed by atoms with van der Waals surface area (Å²) < 4.78 is 19.8. The van der Waals surface area contributed by atoms with E-state index < -0.39 is 5.82 Å². The van der Waals surface area contributed by atoms with Crippen molar-refractivity contribution >= 4 is 23.3 Å². The van der Waals surface area contributed by atoms with Gasteiger partial charge in [-0.3, -0.25) is 4.79 Å². The van der Waals surface area contributed by atoms with Crippen LogP contribution < -0.4 is 10.1 Å². The minimum atomic E-state index is -0.430. The van der Waals surface area contributed by atoms with Crippen molar-refractivity contribution in [2.45, 2.75) is 33.2 Å². The Labute approximate surface area is 187 Å². The number of nitrogens with one attached hydrogen (secondary N) is 1. The average molecular weight is 448 g/mol. The van der Waals surface area contributed by atoms with Gasteiger partial charge in [0.1, 0.15) is 13.2 Å². The first-order valence-corrected chi connectivity index (χ1v) is 11.5. The molecular weight excluding hydrogens is 417 g/mol. The van der Waals surface area contributed by atoms with Crippen LogP contribution in [0.25, 0.3) is 0 Å². The average Bonchev–Trinajstić information content (AvgIpc) is 3.21. The van der Waals surface area contributed by atoms with E-state index in [1.165, 1.54) is 10.9 Å². The largest absolute Gasteiger partial charge is 0.488 e. The summed E-state index contributed by atoms with van der Waals surface area (Å²) >= 11 is 1.66. The van der Waals surface area contributed by atoms with Gasteiger partial charge in [0.15, 0.2) is 11.6 Å². The summed E-state index contributed by atoms with van der Waals surface area (Å²) in [6, 6.07) is 7.71. The van der Waals surface area contributed by atoms with Crippen LogP contribution in [0.2, 0.25) is 0 Å². The molecule has 1 aromatic carbocycles. The van der Waals surface area contributed by atoms with E-state index in [4.69, 9.17) is 4.74 Å². The van der Waals surface area contributed by atoms with E-state index in [0.29, 0.717) is 19.6 Å². The number of amides is 3. The highest BCUT2D eigenvalue weighted by molar-refractivity contribution is 7.10. The molecule has 2 heterocycles. The first kappa shape index (κ1) is 23.1. The molecule has 0 bridgehead atoms. The van der Waals surface area contributed by atoms with Gasteiger partial charge in [0.25, 0.3) is 0 Å². The first-order valence-electron chi connectivity index (χ1n) is 10.7. The fourth-order valence-electron chi connectivity index (χ4n) is 3.78. The predicted molar refractivity (Wildman–Crippen MR) is 120 cm³/mol. The zero-order valence-electron chi connectivity index (χ0n) is 18.3. The smallest absolute Gasteiger partial charge is 0.317 e. The summed E-state index contributed by atoms with van der Waals surface area (Å²) in [6.45, 7) is 7.57. The van der Waals surface area contributed by atoms with Gasteiger partial charge in [0, 0.05) is 24.5 Å². The number of carbonyl (C=O) groups excluding carboxylic acids is 2. The standard InChI is InChI=1S/C23H30FN3O3S/c1-4-25-23(29)26(13-16(2)3)14-22(28)27-11-9-21-17(10-12-31-21)19(27)15-30-20-8-6-5-7-18(20)24/h5-8,10,12,16,19H,4,9,11,13-15H2,1-3H3,(H,25,29)/t19-/m1/s1. The minimum absolute atomic E-state index is 0.000316. The van der Waals surface area contributed by atoms with Crippen molar-refractivity contribution in [3.05, 3.63) is 52.0 Å². The number of nitrogens with zero attached hydrogens (tertiary/aromatic N) is 2. The van der Waals surface area contributed by atoms with Crippen molar-refractivity contribution in [1.82, 2.24) is 15.1 Å². The molecule has 0 radical (unpaired) electrons. The molecular formula is C23H30FN3O3S. The summed E-state index contributed by atoms with van der Waals surface area (Å²) in [5.41, 5.74) is 1.04. The van der Waals surface area contributed by atoms with Crippen molar-refractivity contribution in [1.29, 1.82) is 0 Å². The molecule has 0 saturated heterocycles. The van der Waals surface area contributed by atoms with E-state index in [0.717, 1.165) is 12.0 Å². The Bertz CT molecular complexity index is 902. The quantitative estimate of drug-likeness (QED) is 0.663. The van der Waals surface area contributed by atoms with Gasteiger partial charge in [0.05, 0.1) is 6.04 Å². The van der Waals surface area contributed by atoms with Crippen LogP contribution in [0.4, 0.5) is 9.18 Å². The number of ether oxygens (including phenoxy) is 1. The van der Waals surface area contributed by atoms with Gasteiger partial charge in [-0.15, -0.1) is 11.3 Å². The lowest BCUT2D eigenvalue weighted by molar-refractivity contribution is -0.135. The number of benzene rings is 1. The fraction of sp³-hybridized carbons (Fsp3) is 0.478. The molecule has 1 atom stereocenters. The minimum Gasteiger partial charge on any atom is -0.488 e. The second kappa shape index (κ2) is 10.6. The van der Waals surface area contributed by atoms with E-state index in [9.17, 15) is 14.0 Å². The maximum Gasteiger partial charge on any atom is 0.317 e. The van der Waals surface area contributed by atoms with Crippen molar-refractivity contribution < 1.29 is 18.7 Å². The highest BCUT2D eigenvalue weighted by atomic mass is 32.1. The van der Waals surface area contributed by atoms with Crippen LogP contribution in [0, 0.1) is 11.7 Å². The first-order chi connectivity index (χ1) is 14.9. The molecule has 1 aliphatic heterocycles. The molecule has 168 valence electrons. The molecule has 6 nitrogen and oxygen atoms in total. The summed E-state index contributed by atoms with van der Waals surface area (Å²) in [7, 11) is 0. The third-order valence-electron chi connectivity index (χ3n) is 5.18. The maximum absolute atomic E-state index is 14.0. The number of thiophene rings is 1. The molecule has 1 N–H and O–H groups in total. The lowest BCUT2D eigenvalue weighted by Crippen LogP contribution is -2.50. The van der Waals surface area contributed by atoms with Gasteiger partial charge in [-0.05, 0) is 48.4 Å². The van der Waals surface area contributed by atoms with Gasteiger partial charge < -0.3 is 19.9 Å². The molecule has 0 spiro atoms. The number of hydrogen-bond acceptors (Lipinski definition) is 4. The molecule has 1 aliphatic rings. The van der Waals surface area contributed by atoms with Gasteiger partial charge in [0.2, 0.25) is 5.91 Å². The second-order valence-corrected chi connectivity index (χ2v) is 9.00. The maximum atomic E-state index is 14.0. The number of carbonyl (C=O) groups is 2. The van der Waals surface area contributed by atoms with Gasteiger partial charge in [-0.1, -0.05) is 26.0 Å². The van der Waals surface area contributed by atoms with Crippen molar-refractivity contribution in [2.75, 3.05) is 32.8 Å². The van der Waals surface area contributed by atoms with Crippen molar-refractivity contribution in [3.8, 4) is 5.75 Å². The van der Waals surface area contributed by atoms with E-state index >= 15 is 0 Å². The highest BCUT2D eigenvalue weighted by Crippen LogP contribution is 2.34. The number of para-hydroxylation sites is 1. The Morgan fingerprint density at radius 3 is 2.81 bits per heavy atom. The van der Waals surface area contributed by atoms with Gasteiger partial charge in [-0.25, -0.2) is 9.18 Å². The van der Waals surface area contributed by atoms with Crippen LogP contribution in [0.1, 0.15) is 37.3 Å². The van der Waals surface area contributed by atoms with Crippen molar-refractivity contribution in [2.24, 2.45) is 5.92 Å². The van der Waals surface area contributed by atoms with E-state index in [2.05, 4.69) is 5.32 Å². The molecule has 0 fully saturated rings. The monoisotopic (exact) mass is 447 g/mol. The van der Waals surface area contributed by atoms with Crippen LogP contribution in [0.5, 0.6) is 5.75 Å². The molecule has 31 heavy (non-hydrogen) atoms. The summed E-state index contributed by atoms with van der Waals surface area (Å²) in [4.78, 5) is 30.3. The van der Waals surface area contributed by atoms with E-state index in [1.807, 2.05) is 32.2 Å². The second-order valence-electron chi connectivity index (χ2n) is 8.00. The molecule has 3 rings (SSSR count). The molecule has 0 unspecified atom stereocenters. The van der Waals surface area contributed by atoms with E-state index in [-0.39, 0.29) is 42.8 Å². The molecule has 3 amide bonds. The van der Waals surface area contributed by atoms with E-state index in [1.54, 1.807) is 39.3 Å². The Morgan fingerprint density at radius 1 is 1.32 bits per heavy atom. The summed E-state index contributed by atoms with van der Waals surface area (Å²) in [5.74, 6) is -0.159. The third-order valence-corrected chi connectivity index (χ3v) is 6.17. The Hall–Kier alpha value is -2.61. The number of halogens is 1. The topological polar surface area (TPSA) is 61.9 Å². The summed E-state index contributed by atoms with van der Waals surface area (Å²) in [5, 5.41) is 4.79. The molecule has 1 aromatic heterocycles. The molecule has 0 saturated carbocycles. The SMILES string of the molecule is CCNC(=O)N(CC(=O)N1CCc2sccc2[C@H]1COc1ccccc1F)CC(C)C. The normalized spacial score (nSPS) is 15.5. The van der Waals surface area contributed by atoms with Crippen LogP contribution in [0.15, 0.2) is 35.7 Å². The number of fused-ring (bicyclic) bond motifs is 1. The summed E-state index contributed by atoms with van der Waals surface area (Å²) in [6.07, 6.45) is 0.764. The Balaban J connectivity index is 1.77. The fourth-order valence-corrected chi connectivity index (χ4v) is 4.71. The Kier molecular flexibility index (Phi) is 7.90. The zero-order chi connectivity index (χ0) is 22.4. The Morgan fingerprint density at radius 2 is 2.10 bits per heavy atom. The van der Waals surface area contributed by atoms with Crippen LogP contribution in [-0.2, 0) is 11.2 Å². The molecule has 8 heteroatoms. The van der Waals surface area contributed by atoms with Crippen LogP contribution in [-0.4, -0.2) is 54.5 Å². The third kappa shape index (κ3) is 5.76. The molecule has 0 aliphatic carbocycles. The highest BCUT2D eigenvalue weighted by Gasteiger charge is 2.33. The predicted octanol–water partition coefficient (Wildman–Crippen LogP) is 4.08. The lowest BCUT2D eigenvalue weighted by Gasteiger charge is -2.37. The van der Waals surface area contributed by atoms with Gasteiger partial charge in [-0.2, -0.15) is 0 Å². The van der Waals surface area contributed by atoms with Crippen LogP contribution >= 0.6 is 11.3 Å². The number of rotatable bonds is 8. The number of hydrogen-bond donors (Lipinski definition) is 1. The lowest BCUT2D eigenvalue weighted by atomic mass is 10.0. The van der Waals surface area contributed by atoms with Gasteiger partial charge >= 0.3 is 6.03 Å². The zero-order valence-corrected chi connectivity index (χ0v) is 19.1. The number of urea groups is 1. The van der Waals surface area contributed by atoms with Crippen molar-refractivity contribution in [3.63, 3.8) is 0 Å².